The Balaban J connectivity index is 3.46. The summed E-state index contributed by atoms with van der Waals surface area (Å²) in [5.41, 5.74) is 1.57. The Labute approximate surface area is 145 Å². The molecule has 0 bridgehead atoms. The first kappa shape index (κ1) is 20.2. The minimum absolute atomic E-state index is 0.0853. The van der Waals surface area contributed by atoms with Crippen molar-refractivity contribution in [2.24, 2.45) is 5.92 Å². The zero-order valence-electron chi connectivity index (χ0n) is 15.7. The van der Waals surface area contributed by atoms with E-state index in [1.54, 1.807) is 6.07 Å². The molecule has 1 rings (SSSR count). The second-order valence-electron chi connectivity index (χ2n) is 7.66. The van der Waals surface area contributed by atoms with Gasteiger partial charge in [0.2, 0.25) is 0 Å². The van der Waals surface area contributed by atoms with Crippen LogP contribution in [0.25, 0.3) is 0 Å². The number of hydrogen-bond donors (Lipinski definition) is 1. The Morgan fingerprint density at radius 3 is 2.29 bits per heavy atom. The third-order valence-electron chi connectivity index (χ3n) is 3.83. The smallest absolute Gasteiger partial charge is 0.339 e. The molecule has 0 amide bonds. The minimum atomic E-state index is -1.08. The molecule has 0 heterocycles. The Kier molecular flexibility index (Phi) is 7.00. The van der Waals surface area contributed by atoms with Crippen molar-refractivity contribution in [2.75, 3.05) is 6.61 Å². The van der Waals surface area contributed by atoms with Crippen molar-refractivity contribution in [3.63, 3.8) is 0 Å². The largest absolute Gasteiger partial charge is 0.478 e. The lowest BCUT2D eigenvalue weighted by Gasteiger charge is -2.27. The molecule has 0 atom stereocenters. The predicted molar refractivity (Wildman–Crippen MR) is 95.8 cm³/mol. The molecular formula is C20H30O4. The number of carboxylic acid groups (broad SMARTS) is 1. The summed E-state index contributed by atoms with van der Waals surface area (Å²) in [4.78, 5) is 24.3. The van der Waals surface area contributed by atoms with Gasteiger partial charge in [-0.15, -0.1) is 0 Å². The summed E-state index contributed by atoms with van der Waals surface area (Å²) < 4.78 is 5.25. The first-order valence-electron chi connectivity index (χ1n) is 8.66. The Bertz CT molecular complexity index is 594. The number of carbonyl (C=O) groups is 2. The maximum atomic E-state index is 12.4. The molecule has 0 aliphatic heterocycles. The van der Waals surface area contributed by atoms with Crippen LogP contribution in [-0.2, 0) is 16.6 Å². The van der Waals surface area contributed by atoms with Crippen molar-refractivity contribution >= 4 is 11.9 Å². The number of esters is 1. The summed E-state index contributed by atoms with van der Waals surface area (Å²) in [5.74, 6) is -1.23. The molecule has 1 aromatic carbocycles. The Morgan fingerprint density at radius 1 is 1.21 bits per heavy atom. The third kappa shape index (κ3) is 5.08. The Morgan fingerprint density at radius 2 is 1.83 bits per heavy atom. The normalized spacial score (nSPS) is 11.6. The molecule has 0 spiro atoms. The molecule has 0 aliphatic carbocycles. The summed E-state index contributed by atoms with van der Waals surface area (Å²) in [7, 11) is 0. The van der Waals surface area contributed by atoms with Gasteiger partial charge < -0.3 is 9.84 Å². The fourth-order valence-corrected chi connectivity index (χ4v) is 2.89. The highest BCUT2D eigenvalue weighted by molar-refractivity contribution is 6.04. The first-order valence-corrected chi connectivity index (χ1v) is 8.66. The van der Waals surface area contributed by atoms with Gasteiger partial charge in [-0.3, -0.25) is 0 Å². The highest BCUT2D eigenvalue weighted by Crippen LogP contribution is 2.33. The number of carbonyl (C=O) groups excluding carboxylic acids is 1. The van der Waals surface area contributed by atoms with Crippen LogP contribution >= 0.6 is 0 Å². The summed E-state index contributed by atoms with van der Waals surface area (Å²) in [6.07, 6.45) is 2.46. The van der Waals surface area contributed by atoms with Crippen LogP contribution in [0.5, 0.6) is 0 Å². The van der Waals surface area contributed by atoms with E-state index in [0.717, 1.165) is 30.4 Å². The van der Waals surface area contributed by atoms with E-state index in [1.165, 1.54) is 0 Å². The number of unbranched alkanes of at least 4 members (excludes halogenated alkanes) is 1. The molecule has 1 N–H and O–H groups in total. The van der Waals surface area contributed by atoms with Crippen molar-refractivity contribution in [1.82, 2.24) is 0 Å². The summed E-state index contributed by atoms with van der Waals surface area (Å²) in [6, 6.07) is 3.48. The quantitative estimate of drug-likeness (QED) is 0.572. The van der Waals surface area contributed by atoms with E-state index in [1.807, 2.05) is 33.8 Å². The third-order valence-corrected chi connectivity index (χ3v) is 3.83. The van der Waals surface area contributed by atoms with Gasteiger partial charge in [0.1, 0.15) is 0 Å². The molecule has 4 heteroatoms. The number of rotatable bonds is 7. The van der Waals surface area contributed by atoms with E-state index in [2.05, 4.69) is 13.8 Å². The molecule has 0 saturated carbocycles. The highest BCUT2D eigenvalue weighted by Gasteiger charge is 2.30. The molecule has 0 unspecified atom stereocenters. The fraction of sp³-hybridized carbons (Fsp3) is 0.600. The van der Waals surface area contributed by atoms with E-state index >= 15 is 0 Å². The molecule has 0 aromatic heterocycles. The second kappa shape index (κ2) is 8.32. The maximum Gasteiger partial charge on any atom is 0.339 e. The zero-order chi connectivity index (χ0) is 18.5. The number of carboxylic acids is 1. The van der Waals surface area contributed by atoms with Crippen LogP contribution < -0.4 is 0 Å². The lowest BCUT2D eigenvalue weighted by Crippen LogP contribution is -2.24. The molecule has 0 fully saturated rings. The van der Waals surface area contributed by atoms with Gasteiger partial charge in [0.25, 0.3) is 0 Å². The predicted octanol–water partition coefficient (Wildman–Crippen LogP) is 4.84. The van der Waals surface area contributed by atoms with Crippen molar-refractivity contribution < 1.29 is 19.4 Å². The number of benzene rings is 1. The average Bonchev–Trinajstić information content (AvgIpc) is 2.44. The minimum Gasteiger partial charge on any atom is -0.478 e. The van der Waals surface area contributed by atoms with Crippen molar-refractivity contribution in [3.8, 4) is 0 Å². The van der Waals surface area contributed by atoms with E-state index in [-0.39, 0.29) is 16.5 Å². The summed E-state index contributed by atoms with van der Waals surface area (Å²) in [6.45, 7) is 12.4. The standard InChI is InChI=1S/C20H30O4/c1-7-8-11-24-19(23)15-10-9-14(12-13(2)3)17(20(4,5)6)16(15)18(21)22/h9-10,13H,7-8,11-12H2,1-6H3,(H,21,22). The fourth-order valence-electron chi connectivity index (χ4n) is 2.89. The molecule has 0 radical (unpaired) electrons. The maximum absolute atomic E-state index is 12.4. The lowest BCUT2D eigenvalue weighted by atomic mass is 9.77. The van der Waals surface area contributed by atoms with Crippen LogP contribution in [0.15, 0.2) is 12.1 Å². The highest BCUT2D eigenvalue weighted by atomic mass is 16.5. The summed E-state index contributed by atoms with van der Waals surface area (Å²) in [5, 5.41) is 9.78. The Hall–Kier alpha value is -1.84. The van der Waals surface area contributed by atoms with Crippen LogP contribution in [0.2, 0.25) is 0 Å². The molecule has 0 aliphatic rings. The second-order valence-corrected chi connectivity index (χ2v) is 7.66. The van der Waals surface area contributed by atoms with Crippen LogP contribution in [0.4, 0.5) is 0 Å². The van der Waals surface area contributed by atoms with Crippen molar-refractivity contribution in [2.45, 2.75) is 66.2 Å². The van der Waals surface area contributed by atoms with Gasteiger partial charge in [-0.05, 0) is 41.4 Å². The van der Waals surface area contributed by atoms with Crippen LogP contribution in [0, 0.1) is 5.92 Å². The number of ether oxygens (including phenoxy) is 1. The number of aromatic carboxylic acids is 1. The average molecular weight is 334 g/mol. The van der Waals surface area contributed by atoms with E-state index in [0.29, 0.717) is 12.5 Å². The first-order chi connectivity index (χ1) is 11.1. The number of hydrogen-bond acceptors (Lipinski definition) is 3. The molecule has 24 heavy (non-hydrogen) atoms. The van der Waals surface area contributed by atoms with Gasteiger partial charge in [-0.25, -0.2) is 9.59 Å². The van der Waals surface area contributed by atoms with Gasteiger partial charge >= 0.3 is 11.9 Å². The van der Waals surface area contributed by atoms with Gasteiger partial charge in [0.15, 0.2) is 0 Å². The molecular weight excluding hydrogens is 304 g/mol. The van der Waals surface area contributed by atoms with Crippen LogP contribution in [0.3, 0.4) is 0 Å². The topological polar surface area (TPSA) is 63.6 Å². The van der Waals surface area contributed by atoms with Crippen molar-refractivity contribution in [1.29, 1.82) is 0 Å². The zero-order valence-corrected chi connectivity index (χ0v) is 15.7. The molecule has 134 valence electrons. The van der Waals surface area contributed by atoms with E-state index < -0.39 is 11.9 Å². The van der Waals surface area contributed by atoms with E-state index in [9.17, 15) is 14.7 Å². The summed E-state index contributed by atoms with van der Waals surface area (Å²) >= 11 is 0. The monoisotopic (exact) mass is 334 g/mol. The van der Waals surface area contributed by atoms with Gasteiger partial charge in [0, 0.05) is 0 Å². The molecule has 4 nitrogen and oxygen atoms in total. The van der Waals surface area contributed by atoms with Gasteiger partial charge in [-0.1, -0.05) is 54.0 Å². The molecule has 0 saturated heterocycles. The molecule has 1 aromatic rings. The van der Waals surface area contributed by atoms with E-state index in [4.69, 9.17) is 4.74 Å². The lowest BCUT2D eigenvalue weighted by molar-refractivity contribution is 0.0488. The SMILES string of the molecule is CCCCOC(=O)c1ccc(CC(C)C)c(C(C)(C)C)c1C(=O)O. The van der Waals surface area contributed by atoms with Crippen LogP contribution in [0.1, 0.15) is 86.2 Å². The van der Waals surface area contributed by atoms with Crippen molar-refractivity contribution in [3.05, 3.63) is 34.4 Å². The van der Waals surface area contributed by atoms with Gasteiger partial charge in [0.05, 0.1) is 17.7 Å². The van der Waals surface area contributed by atoms with Crippen LogP contribution in [-0.4, -0.2) is 23.7 Å². The van der Waals surface area contributed by atoms with Gasteiger partial charge in [-0.2, -0.15) is 0 Å².